The van der Waals surface area contributed by atoms with Gasteiger partial charge in [0.15, 0.2) is 0 Å². The Morgan fingerprint density at radius 1 is 1.57 bits per heavy atom. The van der Waals surface area contributed by atoms with E-state index in [1.165, 1.54) is 0 Å². The van der Waals surface area contributed by atoms with Crippen molar-refractivity contribution in [3.63, 3.8) is 0 Å². The molecular weight excluding hydrogens is 180 g/mol. The number of nitrogens with one attached hydrogen (secondary N) is 1. The molecule has 0 amide bonds. The Labute approximate surface area is 82.1 Å². The molecule has 0 aliphatic carbocycles. The first-order valence-electron chi connectivity index (χ1n) is 4.65. The van der Waals surface area contributed by atoms with Crippen LogP contribution in [0.15, 0.2) is 16.5 Å². The third-order valence-corrected chi connectivity index (χ3v) is 2.58. The van der Waals surface area contributed by atoms with E-state index in [0.29, 0.717) is 5.76 Å². The van der Waals surface area contributed by atoms with Gasteiger partial charge in [0.05, 0.1) is 12.0 Å². The number of furan rings is 1. The molecular formula is C10H12N2O2. The third-order valence-electron chi connectivity index (χ3n) is 2.58. The van der Waals surface area contributed by atoms with Gasteiger partial charge in [-0.25, -0.2) is 0 Å². The minimum absolute atomic E-state index is 0.0207. The maximum Gasteiger partial charge on any atom is 0.129 e. The molecule has 0 aromatic carbocycles. The van der Waals surface area contributed by atoms with E-state index in [1.807, 2.05) is 6.07 Å². The van der Waals surface area contributed by atoms with Gasteiger partial charge in [-0.3, -0.25) is 0 Å². The molecule has 1 aliphatic rings. The highest BCUT2D eigenvalue weighted by Crippen LogP contribution is 2.28. The van der Waals surface area contributed by atoms with E-state index in [0.717, 1.165) is 18.8 Å². The van der Waals surface area contributed by atoms with Gasteiger partial charge in [0.2, 0.25) is 0 Å². The Bertz CT molecular complexity index is 353. The van der Waals surface area contributed by atoms with Crippen molar-refractivity contribution in [3.8, 4) is 6.07 Å². The summed E-state index contributed by atoms with van der Waals surface area (Å²) >= 11 is 0. The van der Waals surface area contributed by atoms with Crippen LogP contribution in [0.1, 0.15) is 17.4 Å². The second kappa shape index (κ2) is 3.82. The van der Waals surface area contributed by atoms with E-state index in [9.17, 15) is 0 Å². The normalized spacial score (nSPS) is 26.3. The first kappa shape index (κ1) is 9.25. The molecule has 2 N–H and O–H groups in total. The summed E-state index contributed by atoms with van der Waals surface area (Å²) in [4.78, 5) is 0. The van der Waals surface area contributed by atoms with Crippen LogP contribution in [0.4, 0.5) is 0 Å². The maximum atomic E-state index is 8.88. The zero-order valence-corrected chi connectivity index (χ0v) is 7.73. The van der Waals surface area contributed by atoms with Crippen LogP contribution in [0, 0.1) is 17.2 Å². The molecule has 0 radical (unpaired) electrons. The lowest BCUT2D eigenvalue weighted by molar-refractivity contribution is 0.241. The molecule has 4 heteroatoms. The summed E-state index contributed by atoms with van der Waals surface area (Å²) in [6, 6.07) is 5.85. The van der Waals surface area contributed by atoms with Gasteiger partial charge in [0.25, 0.3) is 0 Å². The van der Waals surface area contributed by atoms with Crippen LogP contribution in [-0.4, -0.2) is 18.2 Å². The molecule has 1 aliphatic heterocycles. The second-order valence-corrected chi connectivity index (χ2v) is 3.46. The zero-order chi connectivity index (χ0) is 9.97. The van der Waals surface area contributed by atoms with Crippen LogP contribution < -0.4 is 5.32 Å². The number of hydrogen-bond acceptors (Lipinski definition) is 4. The highest BCUT2D eigenvalue weighted by atomic mass is 16.4. The lowest BCUT2D eigenvalue weighted by atomic mass is 9.95. The van der Waals surface area contributed by atoms with Gasteiger partial charge < -0.3 is 14.8 Å². The average molecular weight is 192 g/mol. The molecule has 0 spiro atoms. The number of rotatable bonds is 2. The molecule has 2 unspecified atom stereocenters. The average Bonchev–Trinajstić information content (AvgIpc) is 2.85. The molecule has 74 valence electrons. The quantitative estimate of drug-likeness (QED) is 0.719. The van der Waals surface area contributed by atoms with Crippen molar-refractivity contribution in [2.45, 2.75) is 12.5 Å². The van der Waals surface area contributed by atoms with Crippen molar-refractivity contribution in [2.75, 3.05) is 13.1 Å². The predicted molar refractivity (Wildman–Crippen MR) is 49.3 cm³/mol. The van der Waals surface area contributed by atoms with Gasteiger partial charge in [-0.2, -0.15) is 5.26 Å². The summed E-state index contributed by atoms with van der Waals surface area (Å²) < 4.78 is 5.41. The molecule has 1 fully saturated rings. The smallest absolute Gasteiger partial charge is 0.129 e. The molecule has 0 saturated carbocycles. The minimum Gasteiger partial charge on any atom is -0.463 e. The summed E-state index contributed by atoms with van der Waals surface area (Å²) in [6.45, 7) is 1.41. The Balaban J connectivity index is 2.18. The summed E-state index contributed by atoms with van der Waals surface area (Å²) in [7, 11) is 0. The molecule has 1 aromatic heterocycles. The van der Waals surface area contributed by atoms with E-state index < -0.39 is 0 Å². The zero-order valence-electron chi connectivity index (χ0n) is 7.73. The summed E-state index contributed by atoms with van der Waals surface area (Å²) in [5, 5.41) is 20.9. The number of aliphatic hydroxyl groups excluding tert-OH is 1. The van der Waals surface area contributed by atoms with Crippen molar-refractivity contribution in [1.82, 2.24) is 5.32 Å². The molecule has 0 bridgehead atoms. The summed E-state index contributed by atoms with van der Waals surface area (Å²) in [6.07, 6.45) is 0. The van der Waals surface area contributed by atoms with Gasteiger partial charge in [0.1, 0.15) is 18.1 Å². The Morgan fingerprint density at radius 3 is 3.07 bits per heavy atom. The fourth-order valence-electron chi connectivity index (χ4n) is 1.79. The van der Waals surface area contributed by atoms with Crippen LogP contribution in [-0.2, 0) is 6.61 Å². The third kappa shape index (κ3) is 1.52. The predicted octanol–water partition coefficient (Wildman–Crippen LogP) is 0.598. The highest BCUT2D eigenvalue weighted by molar-refractivity contribution is 5.17. The first-order valence-corrected chi connectivity index (χ1v) is 4.65. The molecule has 2 atom stereocenters. The van der Waals surface area contributed by atoms with Crippen molar-refractivity contribution < 1.29 is 9.52 Å². The molecule has 2 heterocycles. The van der Waals surface area contributed by atoms with Gasteiger partial charge in [-0.15, -0.1) is 0 Å². The highest BCUT2D eigenvalue weighted by Gasteiger charge is 2.30. The van der Waals surface area contributed by atoms with Crippen LogP contribution in [0.5, 0.6) is 0 Å². The fraction of sp³-hybridized carbons (Fsp3) is 0.500. The lowest BCUT2D eigenvalue weighted by Crippen LogP contribution is -2.07. The lowest BCUT2D eigenvalue weighted by Gasteiger charge is -2.07. The van der Waals surface area contributed by atoms with Crippen molar-refractivity contribution in [3.05, 3.63) is 23.7 Å². The molecule has 14 heavy (non-hydrogen) atoms. The summed E-state index contributed by atoms with van der Waals surface area (Å²) in [5.74, 6) is 1.46. The van der Waals surface area contributed by atoms with Gasteiger partial charge in [-0.05, 0) is 12.1 Å². The molecule has 2 rings (SSSR count). The van der Waals surface area contributed by atoms with Crippen LogP contribution in [0.3, 0.4) is 0 Å². The Morgan fingerprint density at radius 2 is 2.43 bits per heavy atom. The summed E-state index contributed by atoms with van der Waals surface area (Å²) in [5.41, 5.74) is 0. The van der Waals surface area contributed by atoms with E-state index >= 15 is 0 Å². The van der Waals surface area contributed by atoms with Crippen molar-refractivity contribution in [1.29, 1.82) is 5.26 Å². The van der Waals surface area contributed by atoms with E-state index in [1.54, 1.807) is 6.07 Å². The largest absolute Gasteiger partial charge is 0.463 e. The van der Waals surface area contributed by atoms with E-state index in [4.69, 9.17) is 14.8 Å². The SMILES string of the molecule is N#CC1CNCC1c1ccc(CO)o1. The maximum absolute atomic E-state index is 8.88. The van der Waals surface area contributed by atoms with E-state index in [2.05, 4.69) is 11.4 Å². The minimum atomic E-state index is -0.0859. The fourth-order valence-corrected chi connectivity index (χ4v) is 1.79. The van der Waals surface area contributed by atoms with Gasteiger partial charge in [0, 0.05) is 19.0 Å². The second-order valence-electron chi connectivity index (χ2n) is 3.46. The topological polar surface area (TPSA) is 69.2 Å². The number of hydrogen-bond donors (Lipinski definition) is 2. The number of nitriles is 1. The Kier molecular flexibility index (Phi) is 2.53. The van der Waals surface area contributed by atoms with Crippen molar-refractivity contribution >= 4 is 0 Å². The van der Waals surface area contributed by atoms with Crippen molar-refractivity contribution in [2.24, 2.45) is 5.92 Å². The molecule has 1 aromatic rings. The molecule has 1 saturated heterocycles. The molecule has 4 nitrogen and oxygen atoms in total. The standard InChI is InChI=1S/C10H12N2O2/c11-3-7-4-12-5-9(7)10-2-1-8(6-13)14-10/h1-2,7,9,12-13H,4-6H2. The first-order chi connectivity index (χ1) is 6.85. The number of nitrogens with zero attached hydrogens (tertiary/aromatic N) is 1. The van der Waals surface area contributed by atoms with Crippen LogP contribution in [0.2, 0.25) is 0 Å². The number of aliphatic hydroxyl groups is 1. The Hall–Kier alpha value is -1.31. The van der Waals surface area contributed by atoms with Crippen LogP contribution >= 0.6 is 0 Å². The van der Waals surface area contributed by atoms with Crippen LogP contribution in [0.25, 0.3) is 0 Å². The van der Waals surface area contributed by atoms with E-state index in [-0.39, 0.29) is 18.4 Å². The van der Waals surface area contributed by atoms with Gasteiger partial charge in [-0.1, -0.05) is 0 Å². The monoisotopic (exact) mass is 192 g/mol. The van der Waals surface area contributed by atoms with Gasteiger partial charge >= 0.3 is 0 Å².